The van der Waals surface area contributed by atoms with Gasteiger partial charge in [-0.05, 0) is 56.5 Å². The molecule has 2 heterocycles. The molecule has 4 heteroatoms. The number of carbonyl (C=O) groups is 1. The molecule has 3 unspecified atom stereocenters. The molecule has 0 aromatic carbocycles. The van der Waals surface area contributed by atoms with Gasteiger partial charge in [0.2, 0.25) is 5.91 Å². The average molecular weight is 268 g/mol. The summed E-state index contributed by atoms with van der Waals surface area (Å²) < 4.78 is 0. The maximum Gasteiger partial charge on any atom is 0.222 e. The van der Waals surface area contributed by atoms with Crippen molar-refractivity contribution < 1.29 is 9.90 Å². The van der Waals surface area contributed by atoms with Gasteiger partial charge in [-0.15, -0.1) is 0 Å². The number of rotatable bonds is 5. The zero-order valence-electron chi connectivity index (χ0n) is 12.1. The van der Waals surface area contributed by atoms with Gasteiger partial charge < -0.3 is 15.3 Å². The van der Waals surface area contributed by atoms with Gasteiger partial charge in [-0.25, -0.2) is 0 Å². The van der Waals surface area contributed by atoms with Gasteiger partial charge in [0.25, 0.3) is 0 Å². The molecule has 0 radical (unpaired) electrons. The Morgan fingerprint density at radius 2 is 2.32 bits per heavy atom. The zero-order valence-corrected chi connectivity index (χ0v) is 12.1. The van der Waals surface area contributed by atoms with Crippen LogP contribution in [0.5, 0.6) is 0 Å². The lowest BCUT2D eigenvalue weighted by Gasteiger charge is -2.29. The van der Waals surface area contributed by atoms with E-state index in [1.54, 1.807) is 0 Å². The van der Waals surface area contributed by atoms with Gasteiger partial charge >= 0.3 is 0 Å². The van der Waals surface area contributed by atoms with Gasteiger partial charge in [0, 0.05) is 26.1 Å². The van der Waals surface area contributed by atoms with Crippen molar-refractivity contribution in [1.29, 1.82) is 0 Å². The summed E-state index contributed by atoms with van der Waals surface area (Å²) in [6.45, 7) is 6.41. The summed E-state index contributed by atoms with van der Waals surface area (Å²) in [6.07, 6.45) is 5.09. The highest BCUT2D eigenvalue weighted by molar-refractivity contribution is 5.76. The summed E-state index contributed by atoms with van der Waals surface area (Å²) in [5.74, 6) is 1.98. The van der Waals surface area contributed by atoms with Crippen LogP contribution in [-0.2, 0) is 4.79 Å². The Hall–Kier alpha value is -0.610. The standard InChI is InChI=1S/C15H28N2O2/c1-12(14-3-2-6-16-10-14)9-15(19)17-7-4-13(11-17)5-8-18/h12-14,16,18H,2-11H2,1H3. The van der Waals surface area contributed by atoms with Crippen LogP contribution in [0.15, 0.2) is 0 Å². The summed E-state index contributed by atoms with van der Waals surface area (Å²) in [5.41, 5.74) is 0. The molecule has 0 aromatic rings. The number of likely N-dealkylation sites (tertiary alicyclic amines) is 1. The summed E-state index contributed by atoms with van der Waals surface area (Å²) in [4.78, 5) is 14.3. The van der Waals surface area contributed by atoms with E-state index in [4.69, 9.17) is 5.11 Å². The Kier molecular flexibility index (Phi) is 5.64. The Morgan fingerprint density at radius 3 is 3.00 bits per heavy atom. The van der Waals surface area contributed by atoms with Gasteiger partial charge in [0.15, 0.2) is 0 Å². The molecule has 0 saturated carbocycles. The molecule has 2 saturated heterocycles. The molecule has 4 nitrogen and oxygen atoms in total. The van der Waals surface area contributed by atoms with Crippen molar-refractivity contribution in [2.45, 2.75) is 39.0 Å². The number of amides is 1. The minimum atomic E-state index is 0.247. The van der Waals surface area contributed by atoms with Crippen molar-refractivity contribution in [3.63, 3.8) is 0 Å². The first-order chi connectivity index (χ1) is 9.20. The second-order valence-corrected chi connectivity index (χ2v) is 6.29. The van der Waals surface area contributed by atoms with E-state index in [9.17, 15) is 4.79 Å². The first-order valence-electron chi connectivity index (χ1n) is 7.80. The molecular weight excluding hydrogens is 240 g/mol. The zero-order chi connectivity index (χ0) is 13.7. The third kappa shape index (κ3) is 4.18. The molecule has 3 atom stereocenters. The quantitative estimate of drug-likeness (QED) is 0.789. The largest absolute Gasteiger partial charge is 0.396 e. The number of nitrogens with zero attached hydrogens (tertiary/aromatic N) is 1. The molecule has 0 bridgehead atoms. The minimum absolute atomic E-state index is 0.247. The second kappa shape index (κ2) is 7.25. The van der Waals surface area contributed by atoms with Crippen LogP contribution < -0.4 is 5.32 Å². The molecule has 110 valence electrons. The Labute approximate surface area is 116 Å². The highest BCUT2D eigenvalue weighted by Gasteiger charge is 2.28. The van der Waals surface area contributed by atoms with E-state index in [1.807, 2.05) is 4.90 Å². The van der Waals surface area contributed by atoms with E-state index in [0.717, 1.165) is 39.0 Å². The fourth-order valence-electron chi connectivity index (χ4n) is 3.41. The van der Waals surface area contributed by atoms with E-state index in [2.05, 4.69) is 12.2 Å². The van der Waals surface area contributed by atoms with Gasteiger partial charge in [0.1, 0.15) is 0 Å². The van der Waals surface area contributed by atoms with Gasteiger partial charge in [-0.2, -0.15) is 0 Å². The summed E-state index contributed by atoms with van der Waals surface area (Å²) in [7, 11) is 0. The second-order valence-electron chi connectivity index (χ2n) is 6.29. The first-order valence-corrected chi connectivity index (χ1v) is 7.80. The number of hydrogen-bond acceptors (Lipinski definition) is 3. The van der Waals surface area contributed by atoms with Crippen LogP contribution in [0.4, 0.5) is 0 Å². The van der Waals surface area contributed by atoms with Crippen LogP contribution in [-0.4, -0.2) is 48.7 Å². The maximum absolute atomic E-state index is 12.3. The molecule has 0 spiro atoms. The third-order valence-electron chi connectivity index (χ3n) is 4.81. The monoisotopic (exact) mass is 268 g/mol. The molecule has 2 N–H and O–H groups in total. The lowest BCUT2D eigenvalue weighted by Crippen LogP contribution is -2.36. The Morgan fingerprint density at radius 1 is 1.47 bits per heavy atom. The SMILES string of the molecule is CC(CC(=O)N1CCC(CCO)C1)C1CCCNC1. The summed E-state index contributed by atoms with van der Waals surface area (Å²) in [6, 6.07) is 0. The first kappa shape index (κ1) is 14.8. The van der Waals surface area contributed by atoms with Crippen LogP contribution >= 0.6 is 0 Å². The summed E-state index contributed by atoms with van der Waals surface area (Å²) >= 11 is 0. The molecule has 2 aliphatic rings. The molecule has 1 amide bonds. The highest BCUT2D eigenvalue weighted by Crippen LogP contribution is 2.25. The van der Waals surface area contributed by atoms with E-state index in [-0.39, 0.29) is 6.61 Å². The number of hydrogen-bond donors (Lipinski definition) is 2. The van der Waals surface area contributed by atoms with Crippen molar-refractivity contribution in [3.8, 4) is 0 Å². The van der Waals surface area contributed by atoms with Crippen LogP contribution in [0.3, 0.4) is 0 Å². The fraction of sp³-hybridized carbons (Fsp3) is 0.933. The molecule has 2 rings (SSSR count). The smallest absolute Gasteiger partial charge is 0.222 e. The van der Waals surface area contributed by atoms with Crippen molar-refractivity contribution in [3.05, 3.63) is 0 Å². The average Bonchev–Trinajstić information content (AvgIpc) is 2.89. The lowest BCUT2D eigenvalue weighted by molar-refractivity contribution is -0.131. The van der Waals surface area contributed by atoms with Crippen LogP contribution in [0.25, 0.3) is 0 Å². The van der Waals surface area contributed by atoms with Crippen LogP contribution in [0, 0.1) is 17.8 Å². The van der Waals surface area contributed by atoms with Crippen molar-refractivity contribution in [2.24, 2.45) is 17.8 Å². The molecule has 0 aliphatic carbocycles. The van der Waals surface area contributed by atoms with E-state index in [1.165, 1.54) is 12.8 Å². The Bertz CT molecular complexity index is 290. The highest BCUT2D eigenvalue weighted by atomic mass is 16.3. The van der Waals surface area contributed by atoms with Crippen LogP contribution in [0.1, 0.15) is 39.0 Å². The fourth-order valence-corrected chi connectivity index (χ4v) is 3.41. The van der Waals surface area contributed by atoms with Gasteiger partial charge in [-0.3, -0.25) is 4.79 Å². The normalized spacial score (nSPS) is 29.5. The third-order valence-corrected chi connectivity index (χ3v) is 4.81. The summed E-state index contributed by atoms with van der Waals surface area (Å²) in [5, 5.41) is 12.4. The van der Waals surface area contributed by atoms with Crippen molar-refractivity contribution in [1.82, 2.24) is 10.2 Å². The van der Waals surface area contributed by atoms with Crippen molar-refractivity contribution >= 4 is 5.91 Å². The topological polar surface area (TPSA) is 52.6 Å². The van der Waals surface area contributed by atoms with Crippen LogP contribution in [0.2, 0.25) is 0 Å². The van der Waals surface area contributed by atoms with Gasteiger partial charge in [-0.1, -0.05) is 6.92 Å². The number of carbonyl (C=O) groups excluding carboxylic acids is 1. The predicted octanol–water partition coefficient (Wildman–Crippen LogP) is 1.24. The minimum Gasteiger partial charge on any atom is -0.396 e. The van der Waals surface area contributed by atoms with E-state index < -0.39 is 0 Å². The lowest BCUT2D eigenvalue weighted by atomic mass is 9.85. The number of aliphatic hydroxyl groups excluding tert-OH is 1. The van der Waals surface area contributed by atoms with Gasteiger partial charge in [0.05, 0.1) is 0 Å². The Balaban J connectivity index is 1.74. The van der Waals surface area contributed by atoms with Crippen molar-refractivity contribution in [2.75, 3.05) is 32.8 Å². The number of nitrogens with one attached hydrogen (secondary N) is 1. The molecular formula is C15H28N2O2. The molecule has 19 heavy (non-hydrogen) atoms. The number of piperidine rings is 1. The number of aliphatic hydroxyl groups is 1. The predicted molar refractivity (Wildman–Crippen MR) is 75.8 cm³/mol. The van der Waals surface area contributed by atoms with E-state index in [0.29, 0.717) is 30.1 Å². The molecule has 0 aromatic heterocycles. The maximum atomic E-state index is 12.3. The van der Waals surface area contributed by atoms with E-state index >= 15 is 0 Å². The molecule has 2 fully saturated rings. The molecule has 2 aliphatic heterocycles.